The van der Waals surface area contributed by atoms with E-state index in [-0.39, 0.29) is 18.3 Å². The number of ether oxygens (including phenoxy) is 1. The molecule has 5 heteroatoms. The number of carbonyl (C=O) groups is 1. The fourth-order valence-electron chi connectivity index (χ4n) is 2.39. The van der Waals surface area contributed by atoms with E-state index in [1.54, 1.807) is 12.1 Å². The molecule has 0 atom stereocenters. The predicted molar refractivity (Wildman–Crippen MR) is 101 cm³/mol. The van der Waals surface area contributed by atoms with Crippen molar-refractivity contribution in [3.63, 3.8) is 0 Å². The molecule has 0 aliphatic heterocycles. The summed E-state index contributed by atoms with van der Waals surface area (Å²) in [5.41, 5.74) is 9.00. The second-order valence-electron chi connectivity index (χ2n) is 5.87. The Morgan fingerprint density at radius 2 is 1.92 bits per heavy atom. The van der Waals surface area contributed by atoms with Crippen LogP contribution in [0.25, 0.3) is 0 Å². The summed E-state index contributed by atoms with van der Waals surface area (Å²) < 4.78 is 5.80. The highest BCUT2D eigenvalue weighted by Gasteiger charge is 2.10. The van der Waals surface area contributed by atoms with Crippen LogP contribution in [0.15, 0.2) is 42.5 Å². The SMILES string of the molecule is Cc1ccc(N)cc1C(=O)NCCOc1ccccc1C(C)C.Cl. The van der Waals surface area contributed by atoms with E-state index in [4.69, 9.17) is 10.5 Å². The first-order valence-electron chi connectivity index (χ1n) is 7.85. The van der Waals surface area contributed by atoms with Crippen LogP contribution >= 0.6 is 12.4 Å². The number of rotatable bonds is 6. The first kappa shape index (κ1) is 19.8. The molecule has 0 radical (unpaired) electrons. The second-order valence-corrected chi connectivity index (χ2v) is 5.87. The van der Waals surface area contributed by atoms with E-state index in [9.17, 15) is 4.79 Å². The fourth-order valence-corrected chi connectivity index (χ4v) is 2.39. The van der Waals surface area contributed by atoms with E-state index in [1.165, 1.54) is 5.56 Å². The van der Waals surface area contributed by atoms with Crippen molar-refractivity contribution in [2.45, 2.75) is 26.7 Å². The number of nitrogen functional groups attached to an aromatic ring is 1. The van der Waals surface area contributed by atoms with Crippen LogP contribution in [0.3, 0.4) is 0 Å². The number of benzene rings is 2. The Kier molecular flexibility index (Phi) is 7.59. The van der Waals surface area contributed by atoms with Crippen molar-refractivity contribution in [3.05, 3.63) is 59.2 Å². The number of nitrogens with one attached hydrogen (secondary N) is 1. The van der Waals surface area contributed by atoms with Crippen LogP contribution < -0.4 is 15.8 Å². The standard InChI is InChI=1S/C19H24N2O2.ClH/c1-13(2)16-6-4-5-7-18(16)23-11-10-21-19(22)17-12-15(20)9-8-14(17)3;/h4-9,12-13H,10-11,20H2,1-3H3,(H,21,22);1H. The summed E-state index contributed by atoms with van der Waals surface area (Å²) in [6.45, 7) is 7.03. The van der Waals surface area contributed by atoms with Gasteiger partial charge in [-0.3, -0.25) is 4.79 Å². The summed E-state index contributed by atoms with van der Waals surface area (Å²) >= 11 is 0. The Bertz CT molecular complexity index is 687. The van der Waals surface area contributed by atoms with E-state index in [0.29, 0.717) is 30.3 Å². The summed E-state index contributed by atoms with van der Waals surface area (Å²) in [5.74, 6) is 1.14. The molecule has 2 aromatic rings. The molecule has 0 aliphatic rings. The van der Waals surface area contributed by atoms with Gasteiger partial charge in [-0.15, -0.1) is 12.4 Å². The Labute approximate surface area is 149 Å². The molecule has 1 amide bonds. The van der Waals surface area contributed by atoms with Gasteiger partial charge in [-0.2, -0.15) is 0 Å². The van der Waals surface area contributed by atoms with Gasteiger partial charge in [0, 0.05) is 11.3 Å². The van der Waals surface area contributed by atoms with Crippen molar-refractivity contribution in [1.29, 1.82) is 0 Å². The number of halogens is 1. The monoisotopic (exact) mass is 348 g/mol. The maximum absolute atomic E-state index is 12.2. The molecule has 2 rings (SSSR count). The first-order valence-corrected chi connectivity index (χ1v) is 7.85. The normalized spacial score (nSPS) is 10.2. The summed E-state index contributed by atoms with van der Waals surface area (Å²) in [7, 11) is 0. The predicted octanol–water partition coefficient (Wildman–Crippen LogP) is 3.93. The topological polar surface area (TPSA) is 64.4 Å². The summed E-state index contributed by atoms with van der Waals surface area (Å²) in [6, 6.07) is 13.3. The molecule has 0 saturated carbocycles. The molecule has 0 saturated heterocycles. The number of para-hydroxylation sites is 1. The number of aryl methyl sites for hydroxylation is 1. The van der Waals surface area contributed by atoms with Gasteiger partial charge in [0.2, 0.25) is 0 Å². The van der Waals surface area contributed by atoms with Crippen molar-refractivity contribution in [1.82, 2.24) is 5.32 Å². The number of hydrogen-bond acceptors (Lipinski definition) is 3. The third-order valence-electron chi connectivity index (χ3n) is 3.69. The van der Waals surface area contributed by atoms with Crippen LogP contribution in [0.1, 0.15) is 41.3 Å². The zero-order valence-electron chi connectivity index (χ0n) is 14.3. The third-order valence-corrected chi connectivity index (χ3v) is 3.69. The highest BCUT2D eigenvalue weighted by Crippen LogP contribution is 2.25. The smallest absolute Gasteiger partial charge is 0.251 e. The minimum atomic E-state index is -0.129. The van der Waals surface area contributed by atoms with Crippen LogP contribution in [-0.4, -0.2) is 19.1 Å². The zero-order valence-corrected chi connectivity index (χ0v) is 15.2. The largest absolute Gasteiger partial charge is 0.491 e. The molecule has 0 aliphatic carbocycles. The van der Waals surface area contributed by atoms with Gasteiger partial charge in [-0.1, -0.05) is 38.1 Å². The van der Waals surface area contributed by atoms with Gasteiger partial charge < -0.3 is 15.8 Å². The van der Waals surface area contributed by atoms with E-state index >= 15 is 0 Å². The van der Waals surface area contributed by atoms with Gasteiger partial charge in [0.25, 0.3) is 5.91 Å². The van der Waals surface area contributed by atoms with Gasteiger partial charge in [-0.25, -0.2) is 0 Å². The molecule has 0 bridgehead atoms. The molecular weight excluding hydrogens is 324 g/mol. The van der Waals surface area contributed by atoms with Crippen LogP contribution in [0.2, 0.25) is 0 Å². The lowest BCUT2D eigenvalue weighted by Crippen LogP contribution is -2.28. The van der Waals surface area contributed by atoms with E-state index in [2.05, 4.69) is 25.2 Å². The quantitative estimate of drug-likeness (QED) is 0.614. The minimum Gasteiger partial charge on any atom is -0.491 e. The molecule has 0 heterocycles. The molecule has 0 spiro atoms. The number of hydrogen-bond donors (Lipinski definition) is 2. The third kappa shape index (κ3) is 5.17. The number of amides is 1. The number of carbonyl (C=O) groups excluding carboxylic acids is 1. The van der Waals surface area contributed by atoms with Gasteiger partial charge in [-0.05, 0) is 42.2 Å². The average molecular weight is 349 g/mol. The molecule has 24 heavy (non-hydrogen) atoms. The fraction of sp³-hybridized carbons (Fsp3) is 0.316. The Hall–Kier alpha value is -2.20. The number of anilines is 1. The lowest BCUT2D eigenvalue weighted by molar-refractivity contribution is 0.0946. The molecule has 0 fully saturated rings. The first-order chi connectivity index (χ1) is 11.0. The Morgan fingerprint density at radius 1 is 1.21 bits per heavy atom. The van der Waals surface area contributed by atoms with E-state index in [1.807, 2.05) is 31.2 Å². The van der Waals surface area contributed by atoms with Crippen LogP contribution in [0.5, 0.6) is 5.75 Å². The van der Waals surface area contributed by atoms with Crippen molar-refractivity contribution < 1.29 is 9.53 Å². The summed E-state index contributed by atoms with van der Waals surface area (Å²) in [6.07, 6.45) is 0. The van der Waals surface area contributed by atoms with Crippen LogP contribution in [0.4, 0.5) is 5.69 Å². The van der Waals surface area contributed by atoms with Crippen molar-refractivity contribution >= 4 is 24.0 Å². The highest BCUT2D eigenvalue weighted by atomic mass is 35.5. The number of nitrogens with two attached hydrogens (primary N) is 1. The highest BCUT2D eigenvalue weighted by molar-refractivity contribution is 5.96. The maximum atomic E-state index is 12.2. The lowest BCUT2D eigenvalue weighted by Gasteiger charge is -2.14. The van der Waals surface area contributed by atoms with Crippen molar-refractivity contribution in [2.24, 2.45) is 0 Å². The van der Waals surface area contributed by atoms with Crippen LogP contribution in [0, 0.1) is 6.92 Å². The maximum Gasteiger partial charge on any atom is 0.251 e. The summed E-state index contributed by atoms with van der Waals surface area (Å²) in [5, 5.41) is 2.87. The molecule has 4 nitrogen and oxygen atoms in total. The Morgan fingerprint density at radius 3 is 2.62 bits per heavy atom. The average Bonchev–Trinajstić information content (AvgIpc) is 2.53. The summed E-state index contributed by atoms with van der Waals surface area (Å²) in [4.78, 5) is 12.2. The van der Waals surface area contributed by atoms with Crippen molar-refractivity contribution in [3.8, 4) is 5.75 Å². The molecule has 130 valence electrons. The lowest BCUT2D eigenvalue weighted by atomic mass is 10.0. The van der Waals surface area contributed by atoms with Gasteiger partial charge in [0.1, 0.15) is 12.4 Å². The molecule has 3 N–H and O–H groups in total. The molecule has 0 unspecified atom stereocenters. The zero-order chi connectivity index (χ0) is 16.8. The van der Waals surface area contributed by atoms with E-state index < -0.39 is 0 Å². The molecule has 0 aromatic heterocycles. The molecular formula is C19H25ClN2O2. The van der Waals surface area contributed by atoms with Gasteiger partial charge >= 0.3 is 0 Å². The van der Waals surface area contributed by atoms with Gasteiger partial charge in [0.05, 0.1) is 6.54 Å². The van der Waals surface area contributed by atoms with Gasteiger partial charge in [0.15, 0.2) is 0 Å². The Balaban J connectivity index is 0.00000288. The molecule has 2 aromatic carbocycles. The van der Waals surface area contributed by atoms with E-state index in [0.717, 1.165) is 11.3 Å². The van der Waals surface area contributed by atoms with Crippen molar-refractivity contribution in [2.75, 3.05) is 18.9 Å². The minimum absolute atomic E-state index is 0. The van der Waals surface area contributed by atoms with Crippen LogP contribution in [-0.2, 0) is 0 Å². The second kappa shape index (κ2) is 9.18.